The van der Waals surface area contributed by atoms with E-state index in [9.17, 15) is 4.79 Å². The van der Waals surface area contributed by atoms with Crippen molar-refractivity contribution in [2.75, 3.05) is 19.6 Å². The summed E-state index contributed by atoms with van der Waals surface area (Å²) < 4.78 is 1.91. The number of carbonyl (C=O) groups is 1. The van der Waals surface area contributed by atoms with E-state index >= 15 is 0 Å². The molecule has 0 aromatic carbocycles. The zero-order chi connectivity index (χ0) is 13.5. The first-order valence-corrected chi connectivity index (χ1v) is 7.24. The maximum atomic E-state index is 12.4. The quantitative estimate of drug-likeness (QED) is 0.891. The van der Waals surface area contributed by atoms with Crippen LogP contribution in [0, 0.1) is 5.92 Å². The van der Waals surface area contributed by atoms with Crippen LogP contribution in [0.5, 0.6) is 0 Å². The Kier molecular flexibility index (Phi) is 2.73. The number of hydrogen-bond donors (Lipinski definition) is 1. The lowest BCUT2D eigenvalue weighted by atomic mass is 9.84. The lowest BCUT2D eigenvalue weighted by Crippen LogP contribution is -2.57. The van der Waals surface area contributed by atoms with E-state index in [1.807, 2.05) is 22.7 Å². The van der Waals surface area contributed by atoms with Crippen molar-refractivity contribution in [3.63, 3.8) is 0 Å². The van der Waals surface area contributed by atoms with Crippen molar-refractivity contribution in [2.45, 2.75) is 18.9 Å². The number of amides is 1. The van der Waals surface area contributed by atoms with Crippen molar-refractivity contribution < 1.29 is 4.79 Å². The molecule has 5 heteroatoms. The molecule has 1 amide bonds. The summed E-state index contributed by atoms with van der Waals surface area (Å²) in [6.45, 7) is 3.39. The van der Waals surface area contributed by atoms with Gasteiger partial charge < -0.3 is 14.6 Å². The van der Waals surface area contributed by atoms with Gasteiger partial charge in [-0.1, -0.05) is 0 Å². The number of imidazole rings is 1. The van der Waals surface area contributed by atoms with Crippen molar-refractivity contribution >= 4 is 11.4 Å². The van der Waals surface area contributed by atoms with E-state index in [1.165, 1.54) is 25.9 Å². The monoisotopic (exact) mass is 270 g/mol. The van der Waals surface area contributed by atoms with Crippen LogP contribution >= 0.6 is 0 Å². The minimum atomic E-state index is 0.0347. The van der Waals surface area contributed by atoms with E-state index in [4.69, 9.17) is 0 Å². The number of hydrogen-bond acceptors (Lipinski definition) is 3. The molecule has 0 spiro atoms. The Hall–Kier alpha value is -1.88. The number of nitrogens with zero attached hydrogens (tertiary/aromatic N) is 3. The van der Waals surface area contributed by atoms with Crippen LogP contribution < -0.4 is 5.32 Å². The molecule has 0 saturated carbocycles. The molecule has 2 bridgehead atoms. The van der Waals surface area contributed by atoms with Crippen LogP contribution in [0.15, 0.2) is 30.9 Å². The summed E-state index contributed by atoms with van der Waals surface area (Å²) in [5.74, 6) is 0.690. The van der Waals surface area contributed by atoms with Gasteiger partial charge in [0.25, 0.3) is 5.91 Å². The molecule has 3 aliphatic heterocycles. The molecule has 3 saturated heterocycles. The number of fused-ring (bicyclic) bond motifs is 4. The first-order valence-electron chi connectivity index (χ1n) is 7.24. The molecule has 1 unspecified atom stereocenters. The fourth-order valence-electron chi connectivity index (χ4n) is 3.44. The summed E-state index contributed by atoms with van der Waals surface area (Å²) >= 11 is 0. The van der Waals surface area contributed by atoms with E-state index in [0.29, 0.717) is 12.0 Å². The van der Waals surface area contributed by atoms with Gasteiger partial charge in [-0.3, -0.25) is 4.79 Å². The normalized spacial score (nSPS) is 28.7. The van der Waals surface area contributed by atoms with Crippen molar-refractivity contribution in [3.05, 3.63) is 36.4 Å². The maximum Gasteiger partial charge on any atom is 0.251 e. The Morgan fingerprint density at radius 2 is 2.20 bits per heavy atom. The molecular formula is C15H18N4O. The van der Waals surface area contributed by atoms with E-state index in [1.54, 1.807) is 12.5 Å². The minimum Gasteiger partial charge on any atom is -0.348 e. The van der Waals surface area contributed by atoms with Crippen LogP contribution in [0.3, 0.4) is 0 Å². The van der Waals surface area contributed by atoms with Crippen LogP contribution in [0.4, 0.5) is 0 Å². The van der Waals surface area contributed by atoms with Gasteiger partial charge in [0.2, 0.25) is 0 Å². The van der Waals surface area contributed by atoms with Gasteiger partial charge in [0, 0.05) is 24.3 Å². The highest BCUT2D eigenvalue weighted by atomic mass is 16.1. The molecule has 20 heavy (non-hydrogen) atoms. The molecule has 1 atom stereocenters. The molecule has 3 aliphatic rings. The highest BCUT2D eigenvalue weighted by molar-refractivity contribution is 5.95. The molecular weight excluding hydrogens is 252 g/mol. The number of pyridine rings is 1. The van der Waals surface area contributed by atoms with Gasteiger partial charge in [-0.2, -0.15) is 0 Å². The SMILES string of the molecule is O=C(NC1CN2CCC1CC2)c1ccn2cncc2c1. The second-order valence-corrected chi connectivity index (χ2v) is 5.86. The largest absolute Gasteiger partial charge is 0.348 e. The minimum absolute atomic E-state index is 0.0347. The second-order valence-electron chi connectivity index (χ2n) is 5.86. The summed E-state index contributed by atoms with van der Waals surface area (Å²) in [6, 6.07) is 4.06. The predicted octanol–water partition coefficient (Wildman–Crippen LogP) is 1.16. The Labute approximate surface area is 117 Å². The zero-order valence-corrected chi connectivity index (χ0v) is 11.3. The Balaban J connectivity index is 1.52. The molecule has 1 N–H and O–H groups in total. The lowest BCUT2D eigenvalue weighted by Gasteiger charge is -2.44. The number of nitrogens with one attached hydrogen (secondary N) is 1. The van der Waals surface area contributed by atoms with Crippen LogP contribution in [0.2, 0.25) is 0 Å². The average Bonchev–Trinajstić information content (AvgIpc) is 2.96. The van der Waals surface area contributed by atoms with Gasteiger partial charge in [0.05, 0.1) is 18.0 Å². The third kappa shape index (κ3) is 1.98. The number of rotatable bonds is 2. The average molecular weight is 270 g/mol. The van der Waals surface area contributed by atoms with Gasteiger partial charge in [-0.25, -0.2) is 4.98 Å². The fourth-order valence-corrected chi connectivity index (χ4v) is 3.44. The predicted molar refractivity (Wildman–Crippen MR) is 75.6 cm³/mol. The summed E-state index contributed by atoms with van der Waals surface area (Å²) in [6.07, 6.45) is 7.82. The highest BCUT2D eigenvalue weighted by Crippen LogP contribution is 2.27. The van der Waals surface area contributed by atoms with Crippen LogP contribution in [0.1, 0.15) is 23.2 Å². The third-order valence-electron chi connectivity index (χ3n) is 4.65. The van der Waals surface area contributed by atoms with Gasteiger partial charge in [-0.05, 0) is 44.0 Å². The molecule has 5 rings (SSSR count). The number of piperidine rings is 3. The highest BCUT2D eigenvalue weighted by Gasteiger charge is 2.34. The first-order chi connectivity index (χ1) is 9.79. The van der Waals surface area contributed by atoms with E-state index in [-0.39, 0.29) is 5.91 Å². The third-order valence-corrected chi connectivity index (χ3v) is 4.65. The summed E-state index contributed by atoms with van der Waals surface area (Å²) in [7, 11) is 0. The molecule has 3 fully saturated rings. The van der Waals surface area contributed by atoms with Crippen molar-refractivity contribution in [3.8, 4) is 0 Å². The molecule has 5 heterocycles. The summed E-state index contributed by atoms with van der Waals surface area (Å²) in [5.41, 5.74) is 1.67. The Bertz CT molecular complexity index is 642. The van der Waals surface area contributed by atoms with Crippen LogP contribution in [-0.2, 0) is 0 Å². The first kappa shape index (κ1) is 11.9. The standard InChI is InChI=1S/C15H18N4O/c20-15(12-3-6-19-10-16-8-13(19)7-12)17-14-9-18-4-1-11(14)2-5-18/h3,6-8,10-11,14H,1-2,4-5,9H2,(H,17,20). The topological polar surface area (TPSA) is 49.6 Å². The van der Waals surface area contributed by atoms with Crippen LogP contribution in [-0.4, -0.2) is 45.9 Å². The molecule has 5 nitrogen and oxygen atoms in total. The second kappa shape index (κ2) is 4.59. The van der Waals surface area contributed by atoms with Crippen molar-refractivity contribution in [1.82, 2.24) is 19.6 Å². The van der Waals surface area contributed by atoms with E-state index in [0.717, 1.165) is 17.6 Å². The van der Waals surface area contributed by atoms with Gasteiger partial charge in [0.1, 0.15) is 0 Å². The fraction of sp³-hybridized carbons (Fsp3) is 0.467. The smallest absolute Gasteiger partial charge is 0.251 e. The summed E-state index contributed by atoms with van der Waals surface area (Å²) in [5, 5.41) is 3.21. The van der Waals surface area contributed by atoms with Crippen molar-refractivity contribution in [2.24, 2.45) is 5.92 Å². The Morgan fingerprint density at radius 1 is 1.35 bits per heavy atom. The van der Waals surface area contributed by atoms with E-state index in [2.05, 4.69) is 15.2 Å². The molecule has 2 aromatic heterocycles. The molecule has 0 aliphatic carbocycles. The number of carbonyl (C=O) groups excluding carboxylic acids is 1. The van der Waals surface area contributed by atoms with Crippen LogP contribution in [0.25, 0.3) is 5.52 Å². The molecule has 0 radical (unpaired) electrons. The van der Waals surface area contributed by atoms with Gasteiger partial charge in [-0.15, -0.1) is 0 Å². The maximum absolute atomic E-state index is 12.4. The lowest BCUT2D eigenvalue weighted by molar-refractivity contribution is 0.0620. The molecule has 2 aromatic rings. The van der Waals surface area contributed by atoms with Gasteiger partial charge in [0.15, 0.2) is 0 Å². The van der Waals surface area contributed by atoms with Crippen molar-refractivity contribution in [1.29, 1.82) is 0 Å². The van der Waals surface area contributed by atoms with E-state index < -0.39 is 0 Å². The number of aromatic nitrogens is 2. The Morgan fingerprint density at radius 3 is 2.95 bits per heavy atom. The summed E-state index contributed by atoms with van der Waals surface area (Å²) in [4.78, 5) is 18.9. The van der Waals surface area contributed by atoms with Gasteiger partial charge >= 0.3 is 0 Å². The molecule has 104 valence electrons. The zero-order valence-electron chi connectivity index (χ0n) is 11.3.